The fourth-order valence-corrected chi connectivity index (χ4v) is 0.803. The Morgan fingerprint density at radius 3 is 3.10 bits per heavy atom. The average Bonchev–Trinajstić information content (AvgIpc) is 2.41. The van der Waals surface area contributed by atoms with Crippen LogP contribution in [0.3, 0.4) is 0 Å². The summed E-state index contributed by atoms with van der Waals surface area (Å²) in [5.74, 6) is 0. The van der Waals surface area contributed by atoms with Crippen molar-refractivity contribution in [3.63, 3.8) is 0 Å². The number of rotatable bonds is 4. The van der Waals surface area contributed by atoms with E-state index >= 15 is 0 Å². The van der Waals surface area contributed by atoms with Crippen LogP contribution < -0.4 is 11.1 Å². The molecule has 3 nitrogen and oxygen atoms in total. The largest absolute Gasteiger partial charge is 0.367 e. The lowest BCUT2D eigenvalue weighted by atomic mass is 10.3. The highest BCUT2D eigenvalue weighted by molar-refractivity contribution is 5.07. The molecule has 56 valence electrons. The third-order valence-corrected chi connectivity index (χ3v) is 1.31. The van der Waals surface area contributed by atoms with Gasteiger partial charge in [-0.25, -0.2) is 0 Å². The fourth-order valence-electron chi connectivity index (χ4n) is 0.803. The third kappa shape index (κ3) is 2.21. The standard InChI is InChI=1S/C7H13N3/c8-2-4-10-6-7-1-3-9-5-7/h1,3,5,9-10H,2,4,6,8H2. The molecule has 0 aliphatic carbocycles. The van der Waals surface area contributed by atoms with E-state index in [0.717, 1.165) is 13.1 Å². The molecule has 0 bridgehead atoms. The monoisotopic (exact) mass is 139 g/mol. The SMILES string of the molecule is NCCNCc1cc[nH]c1. The number of nitrogens with one attached hydrogen (secondary N) is 2. The van der Waals surface area contributed by atoms with Gasteiger partial charge >= 0.3 is 0 Å². The molecular formula is C7H13N3. The molecule has 0 aromatic carbocycles. The molecule has 3 heteroatoms. The van der Waals surface area contributed by atoms with Crippen molar-refractivity contribution >= 4 is 0 Å². The number of nitrogens with two attached hydrogens (primary N) is 1. The number of aromatic amines is 1. The molecule has 0 saturated carbocycles. The van der Waals surface area contributed by atoms with E-state index in [1.165, 1.54) is 5.56 Å². The Morgan fingerprint density at radius 1 is 1.60 bits per heavy atom. The van der Waals surface area contributed by atoms with Gasteiger partial charge in [0.1, 0.15) is 0 Å². The first kappa shape index (κ1) is 7.31. The van der Waals surface area contributed by atoms with Crippen molar-refractivity contribution in [3.05, 3.63) is 24.0 Å². The highest BCUT2D eigenvalue weighted by atomic mass is 14.9. The topological polar surface area (TPSA) is 53.8 Å². The first-order chi connectivity index (χ1) is 4.93. The van der Waals surface area contributed by atoms with E-state index in [1.807, 2.05) is 18.5 Å². The second-order valence-electron chi connectivity index (χ2n) is 2.18. The lowest BCUT2D eigenvalue weighted by Gasteiger charge is -1.98. The molecule has 0 atom stereocenters. The quantitative estimate of drug-likeness (QED) is 0.517. The highest BCUT2D eigenvalue weighted by Gasteiger charge is 1.88. The van der Waals surface area contributed by atoms with Gasteiger partial charge in [0.2, 0.25) is 0 Å². The van der Waals surface area contributed by atoms with E-state index in [4.69, 9.17) is 5.73 Å². The van der Waals surface area contributed by atoms with Crippen molar-refractivity contribution in [2.75, 3.05) is 13.1 Å². The number of H-pyrrole nitrogens is 1. The second-order valence-corrected chi connectivity index (χ2v) is 2.18. The predicted molar refractivity (Wildman–Crippen MR) is 41.6 cm³/mol. The van der Waals surface area contributed by atoms with Gasteiger partial charge in [0.15, 0.2) is 0 Å². The smallest absolute Gasteiger partial charge is 0.0220 e. The Hall–Kier alpha value is -0.800. The Morgan fingerprint density at radius 2 is 2.50 bits per heavy atom. The van der Waals surface area contributed by atoms with E-state index in [1.54, 1.807) is 0 Å². The van der Waals surface area contributed by atoms with Gasteiger partial charge in [-0.2, -0.15) is 0 Å². The molecule has 10 heavy (non-hydrogen) atoms. The van der Waals surface area contributed by atoms with Gasteiger partial charge in [0.05, 0.1) is 0 Å². The second kappa shape index (κ2) is 4.09. The minimum Gasteiger partial charge on any atom is -0.367 e. The van der Waals surface area contributed by atoms with Crippen LogP contribution in [0.25, 0.3) is 0 Å². The molecule has 0 spiro atoms. The van der Waals surface area contributed by atoms with Crippen molar-refractivity contribution < 1.29 is 0 Å². The lowest BCUT2D eigenvalue weighted by Crippen LogP contribution is -2.21. The van der Waals surface area contributed by atoms with Crippen molar-refractivity contribution in [1.29, 1.82) is 0 Å². The summed E-state index contributed by atoms with van der Waals surface area (Å²) in [6, 6.07) is 2.05. The van der Waals surface area contributed by atoms with Gasteiger partial charge in [0, 0.05) is 32.0 Å². The molecule has 0 radical (unpaired) electrons. The first-order valence-electron chi connectivity index (χ1n) is 3.46. The number of hydrogen-bond acceptors (Lipinski definition) is 2. The molecule has 0 aliphatic heterocycles. The summed E-state index contributed by atoms with van der Waals surface area (Å²) >= 11 is 0. The van der Waals surface area contributed by atoms with Crippen molar-refractivity contribution in [1.82, 2.24) is 10.3 Å². The number of aromatic nitrogens is 1. The summed E-state index contributed by atoms with van der Waals surface area (Å²) < 4.78 is 0. The summed E-state index contributed by atoms with van der Waals surface area (Å²) in [5.41, 5.74) is 6.57. The van der Waals surface area contributed by atoms with Gasteiger partial charge in [0.25, 0.3) is 0 Å². The van der Waals surface area contributed by atoms with Crippen LogP contribution in [0.2, 0.25) is 0 Å². The normalized spacial score (nSPS) is 10.1. The average molecular weight is 139 g/mol. The zero-order chi connectivity index (χ0) is 7.23. The van der Waals surface area contributed by atoms with Crippen molar-refractivity contribution in [2.45, 2.75) is 6.54 Å². The minimum absolute atomic E-state index is 0.699. The Balaban J connectivity index is 2.15. The van der Waals surface area contributed by atoms with E-state index in [9.17, 15) is 0 Å². The predicted octanol–water partition coefficient (Wildman–Crippen LogP) is 0.0630. The molecule has 1 aromatic rings. The van der Waals surface area contributed by atoms with Crippen molar-refractivity contribution in [3.8, 4) is 0 Å². The van der Waals surface area contributed by atoms with Gasteiger partial charge in [-0.05, 0) is 11.6 Å². The molecule has 0 saturated heterocycles. The summed E-state index contributed by atoms with van der Waals surface area (Å²) in [6.07, 6.45) is 3.89. The first-order valence-corrected chi connectivity index (χ1v) is 3.46. The Labute approximate surface area is 60.6 Å². The van der Waals surface area contributed by atoms with Gasteiger partial charge in [-0.1, -0.05) is 0 Å². The Bertz CT molecular complexity index is 157. The van der Waals surface area contributed by atoms with Crippen LogP contribution in [0.15, 0.2) is 18.5 Å². The molecule has 1 aromatic heterocycles. The molecule has 4 N–H and O–H groups in total. The van der Waals surface area contributed by atoms with Crippen LogP contribution in [0.4, 0.5) is 0 Å². The van der Waals surface area contributed by atoms with E-state index in [0.29, 0.717) is 6.54 Å². The maximum Gasteiger partial charge on any atom is 0.0220 e. The summed E-state index contributed by atoms with van der Waals surface area (Å²) in [4.78, 5) is 2.99. The summed E-state index contributed by atoms with van der Waals surface area (Å²) in [7, 11) is 0. The van der Waals surface area contributed by atoms with Gasteiger partial charge < -0.3 is 16.0 Å². The van der Waals surface area contributed by atoms with E-state index in [-0.39, 0.29) is 0 Å². The van der Waals surface area contributed by atoms with Crippen LogP contribution in [-0.4, -0.2) is 18.1 Å². The Kier molecular flexibility index (Phi) is 2.99. The zero-order valence-corrected chi connectivity index (χ0v) is 5.93. The van der Waals surface area contributed by atoms with E-state index < -0.39 is 0 Å². The maximum atomic E-state index is 5.30. The molecule has 0 aliphatic rings. The van der Waals surface area contributed by atoms with Crippen LogP contribution >= 0.6 is 0 Å². The fraction of sp³-hybridized carbons (Fsp3) is 0.429. The molecular weight excluding hydrogens is 126 g/mol. The zero-order valence-electron chi connectivity index (χ0n) is 5.93. The molecule has 1 rings (SSSR count). The lowest BCUT2D eigenvalue weighted by molar-refractivity contribution is 0.695. The number of hydrogen-bond donors (Lipinski definition) is 3. The van der Waals surface area contributed by atoms with Crippen molar-refractivity contribution in [2.24, 2.45) is 5.73 Å². The highest BCUT2D eigenvalue weighted by Crippen LogP contribution is 1.93. The van der Waals surface area contributed by atoms with Crippen LogP contribution in [-0.2, 0) is 6.54 Å². The van der Waals surface area contributed by atoms with Crippen LogP contribution in [0.1, 0.15) is 5.56 Å². The molecule has 0 amide bonds. The van der Waals surface area contributed by atoms with E-state index in [2.05, 4.69) is 10.3 Å². The van der Waals surface area contributed by atoms with Crippen LogP contribution in [0, 0.1) is 0 Å². The molecule has 1 heterocycles. The molecule has 0 unspecified atom stereocenters. The molecule has 0 fully saturated rings. The van der Waals surface area contributed by atoms with Gasteiger partial charge in [-0.15, -0.1) is 0 Å². The maximum absolute atomic E-state index is 5.30. The minimum atomic E-state index is 0.699. The van der Waals surface area contributed by atoms with Gasteiger partial charge in [-0.3, -0.25) is 0 Å². The van der Waals surface area contributed by atoms with Crippen LogP contribution in [0.5, 0.6) is 0 Å². The summed E-state index contributed by atoms with van der Waals surface area (Å²) in [6.45, 7) is 2.48. The summed E-state index contributed by atoms with van der Waals surface area (Å²) in [5, 5.41) is 3.19. The third-order valence-electron chi connectivity index (χ3n) is 1.31.